The summed E-state index contributed by atoms with van der Waals surface area (Å²) < 4.78 is 0. The van der Waals surface area contributed by atoms with E-state index >= 15 is 0 Å². The molecule has 0 unspecified atom stereocenters. The highest BCUT2D eigenvalue weighted by atomic mass is 35.5. The predicted molar refractivity (Wildman–Crippen MR) is 65.6 cm³/mol. The van der Waals surface area contributed by atoms with Gasteiger partial charge in [0.2, 0.25) is 0 Å². The molecule has 3 heterocycles. The second-order valence-corrected chi connectivity index (χ2v) is 3.84. The Morgan fingerprint density at radius 1 is 0.882 bits per heavy atom. The molecular weight excluding hydrogens is 236 g/mol. The molecule has 4 nitrogen and oxygen atoms in total. The number of hydrogen-bond acceptors (Lipinski definition) is 4. The minimum atomic E-state index is 0.580. The first-order valence-corrected chi connectivity index (χ1v) is 5.41. The highest BCUT2D eigenvalue weighted by Crippen LogP contribution is 2.22. The number of fused-ring (bicyclic) bond motifs is 1. The Kier molecular flexibility index (Phi) is 2.42. The summed E-state index contributed by atoms with van der Waals surface area (Å²) in [5.41, 5.74) is 1.29. The van der Waals surface area contributed by atoms with Crippen LogP contribution in [0.5, 0.6) is 0 Å². The van der Waals surface area contributed by atoms with E-state index in [1.54, 1.807) is 30.7 Å². The van der Waals surface area contributed by atoms with Crippen molar-refractivity contribution >= 4 is 22.6 Å². The van der Waals surface area contributed by atoms with Crippen LogP contribution in [0.15, 0.2) is 42.9 Å². The smallest absolute Gasteiger partial charge is 0.178 e. The van der Waals surface area contributed by atoms with Gasteiger partial charge in [0.15, 0.2) is 11.5 Å². The van der Waals surface area contributed by atoms with Crippen LogP contribution in [0.3, 0.4) is 0 Å². The van der Waals surface area contributed by atoms with Gasteiger partial charge in [-0.3, -0.25) is 0 Å². The van der Waals surface area contributed by atoms with Gasteiger partial charge in [0.05, 0.1) is 5.02 Å². The van der Waals surface area contributed by atoms with Crippen LogP contribution in [-0.2, 0) is 0 Å². The summed E-state index contributed by atoms with van der Waals surface area (Å²) in [6, 6.07) is 7.22. The fourth-order valence-corrected chi connectivity index (χ4v) is 1.76. The predicted octanol–water partition coefficient (Wildman–Crippen LogP) is 2.74. The van der Waals surface area contributed by atoms with Gasteiger partial charge in [-0.25, -0.2) is 19.9 Å². The van der Waals surface area contributed by atoms with Crippen LogP contribution in [0.1, 0.15) is 0 Å². The molecule has 0 atom stereocenters. The Hall–Kier alpha value is -2.07. The molecule has 0 spiro atoms. The number of hydrogen-bond donors (Lipinski definition) is 0. The average Bonchev–Trinajstić information content (AvgIpc) is 2.40. The van der Waals surface area contributed by atoms with E-state index in [1.807, 2.05) is 12.1 Å². The van der Waals surface area contributed by atoms with Crippen molar-refractivity contribution in [3.05, 3.63) is 47.9 Å². The molecule has 3 rings (SSSR count). The van der Waals surface area contributed by atoms with Crippen molar-refractivity contribution in [2.24, 2.45) is 0 Å². The van der Waals surface area contributed by atoms with Gasteiger partial charge in [0.25, 0.3) is 0 Å². The largest absolute Gasteiger partial charge is 0.237 e. The molecule has 0 radical (unpaired) electrons. The third kappa shape index (κ3) is 1.83. The zero-order valence-corrected chi connectivity index (χ0v) is 9.46. The van der Waals surface area contributed by atoms with Crippen LogP contribution in [-0.4, -0.2) is 19.9 Å². The molecule has 0 saturated carbocycles. The lowest BCUT2D eigenvalue weighted by atomic mass is 10.2. The van der Waals surface area contributed by atoms with E-state index in [4.69, 9.17) is 11.6 Å². The Morgan fingerprint density at radius 2 is 1.71 bits per heavy atom. The molecule has 0 amide bonds. The van der Waals surface area contributed by atoms with Crippen molar-refractivity contribution in [1.82, 2.24) is 19.9 Å². The summed E-state index contributed by atoms with van der Waals surface area (Å²) in [6.45, 7) is 0. The van der Waals surface area contributed by atoms with Gasteiger partial charge in [-0.05, 0) is 24.3 Å². The third-order valence-corrected chi connectivity index (χ3v) is 2.67. The van der Waals surface area contributed by atoms with Gasteiger partial charge < -0.3 is 0 Å². The average molecular weight is 243 g/mol. The molecule has 0 N–H and O–H groups in total. The van der Waals surface area contributed by atoms with Crippen LogP contribution in [0.2, 0.25) is 5.02 Å². The first-order chi connectivity index (χ1) is 8.34. The van der Waals surface area contributed by atoms with Crippen molar-refractivity contribution in [1.29, 1.82) is 0 Å². The molecule has 5 heteroatoms. The molecule has 3 aromatic rings. The lowest BCUT2D eigenvalue weighted by molar-refractivity contribution is 1.14. The summed E-state index contributed by atoms with van der Waals surface area (Å²) in [5.74, 6) is 0.580. The number of aromatic nitrogens is 4. The fourth-order valence-electron chi connectivity index (χ4n) is 1.55. The third-order valence-electron chi connectivity index (χ3n) is 2.34. The molecule has 0 aliphatic heterocycles. The Bertz CT molecular complexity index is 670. The highest BCUT2D eigenvalue weighted by Gasteiger charge is 2.05. The summed E-state index contributed by atoms with van der Waals surface area (Å²) in [5, 5.41) is 1.47. The molecule has 82 valence electrons. The summed E-state index contributed by atoms with van der Waals surface area (Å²) >= 11 is 6.04. The monoisotopic (exact) mass is 242 g/mol. The van der Waals surface area contributed by atoms with Crippen molar-refractivity contribution in [3.63, 3.8) is 0 Å². The molecular formula is C12H7ClN4. The van der Waals surface area contributed by atoms with Crippen LogP contribution >= 0.6 is 11.6 Å². The van der Waals surface area contributed by atoms with E-state index in [1.165, 1.54) is 0 Å². The Morgan fingerprint density at radius 3 is 2.53 bits per heavy atom. The molecule has 17 heavy (non-hydrogen) atoms. The van der Waals surface area contributed by atoms with Gasteiger partial charge in [-0.1, -0.05) is 11.6 Å². The van der Waals surface area contributed by atoms with Gasteiger partial charge in [0.1, 0.15) is 5.69 Å². The Balaban J connectivity index is 2.21. The van der Waals surface area contributed by atoms with E-state index < -0.39 is 0 Å². The van der Waals surface area contributed by atoms with Crippen molar-refractivity contribution in [3.8, 4) is 11.5 Å². The number of rotatable bonds is 1. The number of nitrogens with zero attached hydrogens (tertiary/aromatic N) is 4. The van der Waals surface area contributed by atoms with Crippen LogP contribution in [0.25, 0.3) is 22.6 Å². The minimum Gasteiger partial charge on any atom is -0.237 e. The van der Waals surface area contributed by atoms with Gasteiger partial charge in [-0.15, -0.1) is 0 Å². The first kappa shape index (κ1) is 10.1. The Labute approximate surface area is 102 Å². The van der Waals surface area contributed by atoms with Crippen LogP contribution in [0.4, 0.5) is 0 Å². The van der Waals surface area contributed by atoms with Crippen molar-refractivity contribution in [2.75, 3.05) is 0 Å². The highest BCUT2D eigenvalue weighted by molar-refractivity contribution is 6.35. The summed E-state index contributed by atoms with van der Waals surface area (Å²) in [4.78, 5) is 16.9. The summed E-state index contributed by atoms with van der Waals surface area (Å²) in [7, 11) is 0. The normalized spacial score (nSPS) is 10.6. The maximum atomic E-state index is 6.04. The quantitative estimate of drug-likeness (QED) is 0.658. The van der Waals surface area contributed by atoms with Gasteiger partial charge in [-0.2, -0.15) is 0 Å². The van der Waals surface area contributed by atoms with Crippen molar-refractivity contribution in [2.45, 2.75) is 0 Å². The summed E-state index contributed by atoms with van der Waals surface area (Å²) in [6.07, 6.45) is 4.99. The number of pyridine rings is 2. The SMILES string of the molecule is Clc1ccnc2nc(-c3ncccn3)ccc12. The molecule has 3 aromatic heterocycles. The molecule has 0 aliphatic carbocycles. The maximum absolute atomic E-state index is 6.04. The van der Waals surface area contributed by atoms with Crippen molar-refractivity contribution < 1.29 is 0 Å². The van der Waals surface area contributed by atoms with Gasteiger partial charge in [0, 0.05) is 24.0 Å². The van der Waals surface area contributed by atoms with E-state index in [2.05, 4.69) is 19.9 Å². The van der Waals surface area contributed by atoms with E-state index in [0.29, 0.717) is 22.2 Å². The lowest BCUT2D eigenvalue weighted by Crippen LogP contribution is -1.92. The molecule has 0 fully saturated rings. The zero-order valence-electron chi connectivity index (χ0n) is 8.71. The maximum Gasteiger partial charge on any atom is 0.178 e. The van der Waals surface area contributed by atoms with E-state index in [-0.39, 0.29) is 0 Å². The number of halogens is 1. The topological polar surface area (TPSA) is 51.6 Å². The second-order valence-electron chi connectivity index (χ2n) is 3.43. The fraction of sp³-hybridized carbons (Fsp3) is 0. The molecule has 0 bridgehead atoms. The second kappa shape index (κ2) is 4.07. The van der Waals surface area contributed by atoms with E-state index in [0.717, 1.165) is 5.39 Å². The molecule has 0 aliphatic rings. The van der Waals surface area contributed by atoms with E-state index in [9.17, 15) is 0 Å². The minimum absolute atomic E-state index is 0.580. The standard InChI is InChI=1S/C12H7ClN4/c13-9-4-7-16-11-8(9)2-3-10(17-11)12-14-5-1-6-15-12/h1-7H. The molecule has 0 aromatic carbocycles. The van der Waals surface area contributed by atoms with Crippen LogP contribution in [0, 0.1) is 0 Å². The lowest BCUT2D eigenvalue weighted by Gasteiger charge is -2.01. The zero-order chi connectivity index (χ0) is 11.7. The molecule has 0 saturated heterocycles. The first-order valence-electron chi connectivity index (χ1n) is 5.03. The van der Waals surface area contributed by atoms with Crippen LogP contribution < -0.4 is 0 Å². The van der Waals surface area contributed by atoms with Gasteiger partial charge >= 0.3 is 0 Å².